The van der Waals surface area contributed by atoms with Gasteiger partial charge in [-0.1, -0.05) is 19.3 Å². The zero-order valence-electron chi connectivity index (χ0n) is 16.3. The highest BCUT2D eigenvalue weighted by molar-refractivity contribution is 5.72. The molecule has 10 nitrogen and oxygen atoms in total. The summed E-state index contributed by atoms with van der Waals surface area (Å²) < 4.78 is 11.0. The molecular formula is C19H27N5O5. The summed E-state index contributed by atoms with van der Waals surface area (Å²) in [7, 11) is 1.47. The number of anilines is 1. The van der Waals surface area contributed by atoms with Gasteiger partial charge in [-0.2, -0.15) is 10.4 Å². The fourth-order valence-corrected chi connectivity index (χ4v) is 3.11. The summed E-state index contributed by atoms with van der Waals surface area (Å²) in [5.74, 6) is 0.707. The second kappa shape index (κ2) is 11.3. The Labute approximate surface area is 168 Å². The zero-order chi connectivity index (χ0) is 21.2. The number of fused-ring (bicyclic) bond motifs is 1. The first-order valence-corrected chi connectivity index (χ1v) is 9.47. The van der Waals surface area contributed by atoms with Crippen LogP contribution in [0, 0.1) is 17.2 Å². The van der Waals surface area contributed by atoms with Crippen LogP contribution in [0.25, 0.3) is 5.52 Å². The molecule has 2 aromatic heterocycles. The van der Waals surface area contributed by atoms with Crippen LogP contribution in [0.15, 0.2) is 24.7 Å². The molecule has 2 aliphatic rings. The number of esters is 1. The van der Waals surface area contributed by atoms with Gasteiger partial charge in [-0.15, -0.1) is 0 Å². The lowest BCUT2D eigenvalue weighted by molar-refractivity contribution is -0.146. The third kappa shape index (κ3) is 6.39. The maximum absolute atomic E-state index is 10.9. The Balaban J connectivity index is 0.000000156. The number of hydrogen-bond acceptors (Lipinski definition) is 9. The number of aliphatic hydroxyl groups excluding tert-OH is 2. The minimum atomic E-state index is -1.03. The fourth-order valence-electron chi connectivity index (χ4n) is 3.11. The molecule has 3 unspecified atom stereocenters. The zero-order valence-corrected chi connectivity index (χ0v) is 16.3. The maximum Gasteiger partial charge on any atom is 0.308 e. The van der Waals surface area contributed by atoms with E-state index >= 15 is 0 Å². The van der Waals surface area contributed by atoms with E-state index in [1.807, 2.05) is 18.3 Å². The molecule has 29 heavy (non-hydrogen) atoms. The van der Waals surface area contributed by atoms with E-state index in [1.165, 1.54) is 32.7 Å². The van der Waals surface area contributed by atoms with Crippen molar-refractivity contribution in [2.24, 2.45) is 5.92 Å². The quantitative estimate of drug-likeness (QED) is 0.580. The number of ether oxygens (including phenoxy) is 2. The number of rotatable bonds is 1. The van der Waals surface area contributed by atoms with Gasteiger partial charge in [0.25, 0.3) is 0 Å². The predicted octanol–water partition coefficient (Wildman–Crippen LogP) is 0.682. The molecule has 2 aromatic rings. The Hall–Kier alpha value is -2.74. The van der Waals surface area contributed by atoms with E-state index in [4.69, 9.17) is 21.2 Å². The summed E-state index contributed by atoms with van der Waals surface area (Å²) in [6.07, 6.45) is 6.23. The molecule has 0 radical (unpaired) electrons. The number of nitrogens with zero attached hydrogens (tertiary/aromatic N) is 4. The van der Waals surface area contributed by atoms with Crippen LogP contribution >= 0.6 is 0 Å². The number of carbonyl (C=O) groups excluding carboxylic acids is 1. The highest BCUT2D eigenvalue weighted by atomic mass is 16.5. The number of aromatic nitrogens is 3. The first-order chi connectivity index (χ1) is 14.0. The molecule has 3 atom stereocenters. The molecule has 0 bridgehead atoms. The molecule has 4 N–H and O–H groups in total. The summed E-state index contributed by atoms with van der Waals surface area (Å²) in [5, 5.41) is 29.8. The van der Waals surface area contributed by atoms with Crippen molar-refractivity contribution in [2.45, 2.75) is 50.4 Å². The lowest BCUT2D eigenvalue weighted by atomic mass is 9.89. The van der Waals surface area contributed by atoms with Crippen LogP contribution in [0.2, 0.25) is 0 Å². The van der Waals surface area contributed by atoms with Crippen molar-refractivity contribution in [1.29, 1.82) is 5.26 Å². The summed E-state index contributed by atoms with van der Waals surface area (Å²) in [6, 6.07) is 5.46. The largest absolute Gasteiger partial charge is 0.469 e. The Morgan fingerprint density at radius 2 is 2.10 bits per heavy atom. The van der Waals surface area contributed by atoms with E-state index in [2.05, 4.69) is 19.6 Å². The van der Waals surface area contributed by atoms with E-state index in [1.54, 1.807) is 10.6 Å². The van der Waals surface area contributed by atoms with Gasteiger partial charge >= 0.3 is 5.97 Å². The molecule has 158 valence electrons. The van der Waals surface area contributed by atoms with Crippen LogP contribution in [-0.2, 0) is 14.3 Å². The van der Waals surface area contributed by atoms with Crippen LogP contribution in [0.1, 0.15) is 32.1 Å². The van der Waals surface area contributed by atoms with Crippen molar-refractivity contribution >= 4 is 17.3 Å². The third-order valence-electron chi connectivity index (χ3n) is 4.78. The minimum absolute atomic E-state index is 0.0142. The summed E-state index contributed by atoms with van der Waals surface area (Å²) in [6.45, 7) is 0.0550. The molecule has 1 saturated carbocycles. The Morgan fingerprint density at radius 1 is 1.38 bits per heavy atom. The number of carbonyl (C=O) groups is 1. The number of nitrogen functional groups attached to an aromatic ring is 1. The summed E-state index contributed by atoms with van der Waals surface area (Å²) in [4.78, 5) is 14.8. The van der Waals surface area contributed by atoms with Crippen molar-refractivity contribution in [3.8, 4) is 6.07 Å². The van der Waals surface area contributed by atoms with Gasteiger partial charge in [0.1, 0.15) is 24.1 Å². The third-order valence-corrected chi connectivity index (χ3v) is 4.78. The molecule has 1 aliphatic heterocycles. The summed E-state index contributed by atoms with van der Waals surface area (Å²) >= 11 is 0. The Bertz CT molecular complexity index is 815. The number of nitrogens with two attached hydrogens (primary N) is 1. The minimum Gasteiger partial charge on any atom is -0.469 e. The van der Waals surface area contributed by atoms with Gasteiger partial charge in [0.05, 0.1) is 25.7 Å². The Kier molecular flexibility index (Phi) is 8.79. The van der Waals surface area contributed by atoms with E-state index in [0.717, 1.165) is 18.4 Å². The molecule has 1 saturated heterocycles. The normalized spacial score (nSPS) is 23.9. The van der Waals surface area contributed by atoms with E-state index < -0.39 is 18.3 Å². The second-order valence-corrected chi connectivity index (χ2v) is 6.78. The van der Waals surface area contributed by atoms with Gasteiger partial charge in [-0.05, 0) is 25.0 Å². The molecule has 10 heteroatoms. The van der Waals surface area contributed by atoms with Crippen LogP contribution in [-0.4, -0.2) is 62.8 Å². The molecular weight excluding hydrogens is 378 g/mol. The van der Waals surface area contributed by atoms with Gasteiger partial charge < -0.3 is 25.4 Å². The van der Waals surface area contributed by atoms with Crippen molar-refractivity contribution in [3.63, 3.8) is 0 Å². The first kappa shape index (κ1) is 22.5. The fraction of sp³-hybridized carbons (Fsp3) is 0.579. The topological polar surface area (TPSA) is 156 Å². The number of aliphatic hydroxyl groups is 2. The van der Waals surface area contributed by atoms with Crippen molar-refractivity contribution in [1.82, 2.24) is 14.6 Å². The SMILES string of the molecule is COC(=O)C1CCCCC1.N#CC1OCC(O)C1O.Nc1ncnn2cccc12. The van der Waals surface area contributed by atoms with Gasteiger partial charge in [0.15, 0.2) is 11.9 Å². The lowest BCUT2D eigenvalue weighted by Gasteiger charge is -2.18. The molecule has 1 aliphatic carbocycles. The monoisotopic (exact) mass is 405 g/mol. The average Bonchev–Trinajstić information content (AvgIpc) is 3.37. The van der Waals surface area contributed by atoms with Gasteiger partial charge in [0, 0.05) is 6.20 Å². The van der Waals surface area contributed by atoms with Crippen LogP contribution in [0.5, 0.6) is 0 Å². The lowest BCUT2D eigenvalue weighted by Crippen LogP contribution is -2.28. The van der Waals surface area contributed by atoms with Crippen LogP contribution in [0.4, 0.5) is 5.82 Å². The Morgan fingerprint density at radius 3 is 2.62 bits per heavy atom. The molecule has 0 spiro atoms. The van der Waals surface area contributed by atoms with E-state index in [-0.39, 0.29) is 18.5 Å². The first-order valence-electron chi connectivity index (χ1n) is 9.47. The van der Waals surface area contributed by atoms with Crippen molar-refractivity contribution < 1.29 is 24.5 Å². The van der Waals surface area contributed by atoms with Gasteiger partial charge in [-0.3, -0.25) is 4.79 Å². The highest BCUT2D eigenvalue weighted by Gasteiger charge is 2.34. The van der Waals surface area contributed by atoms with E-state index in [0.29, 0.717) is 5.82 Å². The molecule has 3 heterocycles. The summed E-state index contributed by atoms with van der Waals surface area (Å²) in [5.41, 5.74) is 6.38. The van der Waals surface area contributed by atoms with Crippen LogP contribution in [0.3, 0.4) is 0 Å². The molecule has 0 amide bonds. The van der Waals surface area contributed by atoms with E-state index in [9.17, 15) is 4.79 Å². The molecule has 4 rings (SSSR count). The number of methoxy groups -OCH3 is 1. The number of hydrogen-bond donors (Lipinski definition) is 3. The van der Waals surface area contributed by atoms with Crippen LogP contribution < -0.4 is 5.73 Å². The predicted molar refractivity (Wildman–Crippen MR) is 103 cm³/mol. The molecule has 0 aromatic carbocycles. The second-order valence-electron chi connectivity index (χ2n) is 6.78. The van der Waals surface area contributed by atoms with Gasteiger partial charge in [-0.25, -0.2) is 9.50 Å². The van der Waals surface area contributed by atoms with Gasteiger partial charge in [0.2, 0.25) is 0 Å². The van der Waals surface area contributed by atoms with Crippen molar-refractivity contribution in [2.75, 3.05) is 19.5 Å². The standard InChI is InChI=1S/C8H14O2.C6H6N4.C5H7NO3/c1-10-8(9)7-5-3-2-4-6-7;7-6-5-2-1-3-10(5)9-4-8-6;6-1-4-5(8)3(7)2-9-4/h7H,2-6H2,1H3;1-4H,(H2,7,8,9);3-5,7-8H,2H2. The smallest absolute Gasteiger partial charge is 0.308 e. The van der Waals surface area contributed by atoms with Crippen molar-refractivity contribution in [3.05, 3.63) is 24.7 Å². The average molecular weight is 405 g/mol. The highest BCUT2D eigenvalue weighted by Crippen LogP contribution is 2.24. The molecule has 2 fully saturated rings. The number of nitriles is 1. The maximum atomic E-state index is 10.9.